The first kappa shape index (κ1) is 24.3. The molecule has 7 nitrogen and oxygen atoms in total. The highest BCUT2D eigenvalue weighted by Gasteiger charge is 2.32. The molecule has 1 aliphatic carbocycles. The van der Waals surface area contributed by atoms with Crippen LogP contribution in [0.5, 0.6) is 11.5 Å². The Hall–Kier alpha value is -2.84. The minimum Gasteiger partial charge on any atom is -0.486 e. The van der Waals surface area contributed by atoms with Gasteiger partial charge >= 0.3 is 6.61 Å². The number of carbonyl (C=O) groups is 1. The van der Waals surface area contributed by atoms with Gasteiger partial charge in [0.2, 0.25) is 5.91 Å². The zero-order valence-corrected chi connectivity index (χ0v) is 19.9. The van der Waals surface area contributed by atoms with Crippen LogP contribution in [-0.2, 0) is 11.2 Å². The molecule has 1 aromatic heterocycles. The largest absolute Gasteiger partial charge is 0.486 e. The normalized spacial score (nSPS) is 19.3. The molecule has 2 aromatic rings. The van der Waals surface area contributed by atoms with Crippen molar-refractivity contribution in [1.82, 2.24) is 14.9 Å². The number of imidazole rings is 1. The second-order valence-electron chi connectivity index (χ2n) is 9.59. The van der Waals surface area contributed by atoms with Crippen molar-refractivity contribution in [3.8, 4) is 11.5 Å². The standard InChI is InChI=1S/C25H34F2N4O3/c1-17(2)11-20-15-30(9-10-31(20)24(32)12-18-14-28-16-29-18)19-7-8-22(34-25(26)27)23(13-19)33-21-5-3-4-6-21/h7-8,13-14,16-17,20-21,25H,3-6,9-12,15H2,1-2H3,(H,28,29)/t20-/m0/s1. The van der Waals surface area contributed by atoms with E-state index < -0.39 is 6.61 Å². The van der Waals surface area contributed by atoms with Crippen LogP contribution in [0.25, 0.3) is 0 Å². The maximum absolute atomic E-state index is 13.0. The topological polar surface area (TPSA) is 70.7 Å². The lowest BCUT2D eigenvalue weighted by Gasteiger charge is -2.43. The van der Waals surface area contributed by atoms with Gasteiger partial charge in [-0.2, -0.15) is 8.78 Å². The van der Waals surface area contributed by atoms with E-state index in [1.54, 1.807) is 24.7 Å². The van der Waals surface area contributed by atoms with Gasteiger partial charge in [-0.05, 0) is 50.2 Å². The van der Waals surface area contributed by atoms with Crippen molar-refractivity contribution >= 4 is 11.6 Å². The maximum atomic E-state index is 13.0. The van der Waals surface area contributed by atoms with Crippen LogP contribution in [0, 0.1) is 5.92 Å². The predicted molar refractivity (Wildman–Crippen MR) is 125 cm³/mol. The van der Waals surface area contributed by atoms with Gasteiger partial charge in [-0.3, -0.25) is 4.79 Å². The molecule has 1 amide bonds. The van der Waals surface area contributed by atoms with E-state index >= 15 is 0 Å². The molecule has 1 N–H and O–H groups in total. The van der Waals surface area contributed by atoms with Crippen molar-refractivity contribution in [2.45, 2.75) is 71.1 Å². The van der Waals surface area contributed by atoms with E-state index in [0.29, 0.717) is 31.3 Å². The van der Waals surface area contributed by atoms with Gasteiger partial charge in [0.1, 0.15) is 0 Å². The number of hydrogen-bond acceptors (Lipinski definition) is 5. The monoisotopic (exact) mass is 476 g/mol. The Bertz CT molecular complexity index is 932. The number of anilines is 1. The van der Waals surface area contributed by atoms with Gasteiger partial charge in [-0.25, -0.2) is 4.98 Å². The Morgan fingerprint density at radius 2 is 2.00 bits per heavy atom. The number of H-pyrrole nitrogens is 1. The van der Waals surface area contributed by atoms with Gasteiger partial charge in [0.15, 0.2) is 11.5 Å². The number of nitrogens with zero attached hydrogens (tertiary/aromatic N) is 3. The molecule has 34 heavy (non-hydrogen) atoms. The van der Waals surface area contributed by atoms with Crippen LogP contribution in [-0.4, -0.2) is 59.2 Å². The molecule has 2 heterocycles. The second kappa shape index (κ2) is 11.1. The minimum absolute atomic E-state index is 0.0282. The van der Waals surface area contributed by atoms with E-state index in [-0.39, 0.29) is 30.2 Å². The van der Waals surface area contributed by atoms with Crippen LogP contribution in [0.1, 0.15) is 51.6 Å². The quantitative estimate of drug-likeness (QED) is 0.571. The summed E-state index contributed by atoms with van der Waals surface area (Å²) in [5.74, 6) is 0.927. The average molecular weight is 477 g/mol. The third kappa shape index (κ3) is 6.18. The summed E-state index contributed by atoms with van der Waals surface area (Å²) in [6.45, 7) is 3.31. The van der Waals surface area contributed by atoms with E-state index in [0.717, 1.165) is 43.5 Å². The second-order valence-corrected chi connectivity index (χ2v) is 9.59. The first-order chi connectivity index (χ1) is 16.4. The summed E-state index contributed by atoms with van der Waals surface area (Å²) >= 11 is 0. The van der Waals surface area contributed by atoms with Gasteiger partial charge in [-0.1, -0.05) is 13.8 Å². The molecule has 1 saturated heterocycles. The SMILES string of the molecule is CC(C)C[C@H]1CN(c2ccc(OC(F)F)c(OC3CCCC3)c2)CCN1C(=O)Cc1c[nH]cn1. The van der Waals surface area contributed by atoms with Crippen LogP contribution in [0.2, 0.25) is 0 Å². The Balaban J connectivity index is 1.51. The van der Waals surface area contributed by atoms with Crippen LogP contribution >= 0.6 is 0 Å². The first-order valence-corrected chi connectivity index (χ1v) is 12.2. The maximum Gasteiger partial charge on any atom is 0.387 e. The zero-order valence-electron chi connectivity index (χ0n) is 19.9. The molecule has 1 aliphatic heterocycles. The molecule has 186 valence electrons. The molecule has 0 bridgehead atoms. The Morgan fingerprint density at radius 1 is 1.21 bits per heavy atom. The van der Waals surface area contributed by atoms with Crippen molar-refractivity contribution < 1.29 is 23.0 Å². The van der Waals surface area contributed by atoms with Gasteiger partial charge < -0.3 is 24.3 Å². The zero-order chi connectivity index (χ0) is 24.1. The van der Waals surface area contributed by atoms with E-state index in [4.69, 9.17) is 9.47 Å². The molecule has 0 spiro atoms. The lowest BCUT2D eigenvalue weighted by atomic mass is 9.99. The highest BCUT2D eigenvalue weighted by molar-refractivity contribution is 5.79. The van der Waals surface area contributed by atoms with Crippen molar-refractivity contribution in [2.75, 3.05) is 24.5 Å². The van der Waals surface area contributed by atoms with E-state index in [9.17, 15) is 13.6 Å². The molecule has 4 rings (SSSR count). The van der Waals surface area contributed by atoms with Gasteiger partial charge in [0, 0.05) is 43.6 Å². The molecular formula is C25H34F2N4O3. The van der Waals surface area contributed by atoms with Crippen molar-refractivity contribution in [1.29, 1.82) is 0 Å². The fraction of sp³-hybridized carbons (Fsp3) is 0.600. The van der Waals surface area contributed by atoms with Crippen molar-refractivity contribution in [3.05, 3.63) is 36.4 Å². The number of benzene rings is 1. The molecule has 2 fully saturated rings. The number of hydrogen-bond donors (Lipinski definition) is 1. The number of alkyl halides is 2. The number of rotatable bonds is 9. The number of amides is 1. The molecular weight excluding hydrogens is 442 g/mol. The van der Waals surface area contributed by atoms with Crippen LogP contribution in [0.4, 0.5) is 14.5 Å². The van der Waals surface area contributed by atoms with Crippen LogP contribution in [0.3, 0.4) is 0 Å². The summed E-state index contributed by atoms with van der Waals surface area (Å²) < 4.78 is 36.7. The van der Waals surface area contributed by atoms with Crippen LogP contribution in [0.15, 0.2) is 30.7 Å². The number of nitrogens with one attached hydrogen (secondary N) is 1. The minimum atomic E-state index is -2.91. The lowest BCUT2D eigenvalue weighted by Crippen LogP contribution is -2.56. The van der Waals surface area contributed by atoms with Gasteiger partial charge in [0.05, 0.1) is 24.5 Å². The fourth-order valence-electron chi connectivity index (χ4n) is 4.97. The van der Waals surface area contributed by atoms with Crippen molar-refractivity contribution in [3.63, 3.8) is 0 Å². The molecule has 0 radical (unpaired) electrons. The predicted octanol–water partition coefficient (Wildman–Crippen LogP) is 4.64. The molecule has 1 saturated carbocycles. The van der Waals surface area contributed by atoms with Crippen molar-refractivity contribution in [2.24, 2.45) is 5.92 Å². The third-order valence-corrected chi connectivity index (χ3v) is 6.54. The van der Waals surface area contributed by atoms with Gasteiger partial charge in [0.25, 0.3) is 0 Å². The summed E-state index contributed by atoms with van der Waals surface area (Å²) in [6.07, 6.45) is 8.52. The first-order valence-electron chi connectivity index (χ1n) is 12.2. The fourth-order valence-corrected chi connectivity index (χ4v) is 4.97. The number of carbonyl (C=O) groups excluding carboxylic acids is 1. The molecule has 9 heteroatoms. The summed E-state index contributed by atoms with van der Waals surface area (Å²) in [5.41, 5.74) is 1.63. The van der Waals surface area contributed by atoms with Crippen LogP contribution < -0.4 is 14.4 Å². The van der Waals surface area contributed by atoms with E-state index in [2.05, 4.69) is 28.7 Å². The summed E-state index contributed by atoms with van der Waals surface area (Å²) in [5, 5.41) is 0. The highest BCUT2D eigenvalue weighted by Crippen LogP contribution is 2.37. The summed E-state index contributed by atoms with van der Waals surface area (Å²) in [6, 6.07) is 5.23. The molecule has 1 aromatic carbocycles. The number of aromatic amines is 1. The number of aromatic nitrogens is 2. The summed E-state index contributed by atoms with van der Waals surface area (Å²) in [4.78, 5) is 24.3. The third-order valence-electron chi connectivity index (χ3n) is 6.54. The Morgan fingerprint density at radius 3 is 2.68 bits per heavy atom. The number of ether oxygens (including phenoxy) is 2. The number of piperazine rings is 1. The molecule has 0 unspecified atom stereocenters. The van der Waals surface area contributed by atoms with E-state index in [1.165, 1.54) is 0 Å². The average Bonchev–Trinajstić information content (AvgIpc) is 3.48. The molecule has 2 aliphatic rings. The lowest BCUT2D eigenvalue weighted by molar-refractivity contribution is -0.133. The van der Waals surface area contributed by atoms with E-state index in [1.807, 2.05) is 11.0 Å². The smallest absolute Gasteiger partial charge is 0.387 e. The summed E-state index contributed by atoms with van der Waals surface area (Å²) in [7, 11) is 0. The Kier molecular flexibility index (Phi) is 7.90. The highest BCUT2D eigenvalue weighted by atomic mass is 19.3. The Labute approximate surface area is 199 Å². The number of halogens is 2. The molecule has 1 atom stereocenters. The van der Waals surface area contributed by atoms with Gasteiger partial charge in [-0.15, -0.1) is 0 Å².